The van der Waals surface area contributed by atoms with Crippen LogP contribution in [-0.4, -0.2) is 23.7 Å². The normalized spacial score (nSPS) is 31.4. The Morgan fingerprint density at radius 2 is 1.69 bits per heavy atom. The lowest BCUT2D eigenvalue weighted by molar-refractivity contribution is -0.351. The first-order valence-electron chi connectivity index (χ1n) is 4.41. The highest BCUT2D eigenvalue weighted by molar-refractivity contribution is 4.73. The standard InChI is InChI=1S/C8H13F3O2/c9-8(10,11)13-7-5-3-1-2-4-6(7)12/h6-7,12H,1-5H2/t6-,7-/m1/s1. The summed E-state index contributed by atoms with van der Waals surface area (Å²) in [5.41, 5.74) is 0. The predicted molar refractivity (Wildman–Crippen MR) is 40.0 cm³/mol. The van der Waals surface area contributed by atoms with Gasteiger partial charge in [-0.1, -0.05) is 19.3 Å². The largest absolute Gasteiger partial charge is 0.522 e. The quantitative estimate of drug-likeness (QED) is 0.654. The molecule has 1 fully saturated rings. The van der Waals surface area contributed by atoms with Crippen molar-refractivity contribution in [1.29, 1.82) is 0 Å². The zero-order chi connectivity index (χ0) is 9.90. The van der Waals surface area contributed by atoms with Crippen LogP contribution in [0.3, 0.4) is 0 Å². The van der Waals surface area contributed by atoms with Crippen LogP contribution in [0, 0.1) is 0 Å². The Hall–Kier alpha value is -0.290. The van der Waals surface area contributed by atoms with Gasteiger partial charge in [-0.15, -0.1) is 13.2 Å². The maximum atomic E-state index is 11.8. The van der Waals surface area contributed by atoms with E-state index in [1.165, 1.54) is 0 Å². The SMILES string of the molecule is O[C@@H]1CCCCC[C@H]1OC(F)(F)F. The molecule has 0 heterocycles. The van der Waals surface area contributed by atoms with Gasteiger partial charge in [0.05, 0.1) is 12.2 Å². The van der Waals surface area contributed by atoms with Crippen molar-refractivity contribution in [2.24, 2.45) is 0 Å². The molecule has 0 aromatic heterocycles. The lowest BCUT2D eigenvalue weighted by atomic mass is 10.1. The molecule has 1 saturated carbocycles. The molecule has 0 amide bonds. The number of rotatable bonds is 1. The Kier molecular flexibility index (Phi) is 3.55. The van der Waals surface area contributed by atoms with Crippen LogP contribution in [0.4, 0.5) is 13.2 Å². The molecule has 0 aromatic rings. The third kappa shape index (κ3) is 3.95. The summed E-state index contributed by atoms with van der Waals surface area (Å²) >= 11 is 0. The summed E-state index contributed by atoms with van der Waals surface area (Å²) in [7, 11) is 0. The number of hydrogen-bond acceptors (Lipinski definition) is 2. The van der Waals surface area contributed by atoms with Gasteiger partial charge in [-0.3, -0.25) is 4.74 Å². The zero-order valence-electron chi connectivity index (χ0n) is 7.18. The Morgan fingerprint density at radius 3 is 2.31 bits per heavy atom. The molecule has 2 atom stereocenters. The molecule has 1 aliphatic rings. The molecule has 0 aromatic carbocycles. The molecule has 1 N–H and O–H groups in total. The summed E-state index contributed by atoms with van der Waals surface area (Å²) in [6.07, 6.45) is -3.63. The average Bonchev–Trinajstić information content (AvgIpc) is 2.14. The molecule has 13 heavy (non-hydrogen) atoms. The van der Waals surface area contributed by atoms with E-state index in [1.54, 1.807) is 0 Å². The fourth-order valence-electron chi connectivity index (χ4n) is 1.56. The first kappa shape index (κ1) is 10.8. The number of alkyl halides is 3. The Balaban J connectivity index is 2.45. The van der Waals surface area contributed by atoms with Crippen molar-refractivity contribution in [2.45, 2.75) is 50.7 Å². The van der Waals surface area contributed by atoms with Crippen LogP contribution >= 0.6 is 0 Å². The van der Waals surface area contributed by atoms with Crippen molar-refractivity contribution >= 4 is 0 Å². The summed E-state index contributed by atoms with van der Waals surface area (Å²) in [5.74, 6) is 0. The van der Waals surface area contributed by atoms with Gasteiger partial charge in [0.2, 0.25) is 0 Å². The van der Waals surface area contributed by atoms with Gasteiger partial charge in [0, 0.05) is 0 Å². The van der Waals surface area contributed by atoms with E-state index in [0.29, 0.717) is 19.3 Å². The highest BCUT2D eigenvalue weighted by atomic mass is 19.4. The average molecular weight is 198 g/mol. The lowest BCUT2D eigenvalue weighted by Gasteiger charge is -2.21. The fourth-order valence-corrected chi connectivity index (χ4v) is 1.56. The molecule has 0 bridgehead atoms. The van der Waals surface area contributed by atoms with Crippen LogP contribution in [0.5, 0.6) is 0 Å². The third-order valence-electron chi connectivity index (χ3n) is 2.20. The van der Waals surface area contributed by atoms with Gasteiger partial charge in [-0.05, 0) is 12.8 Å². The number of aliphatic hydroxyl groups is 1. The number of ether oxygens (including phenoxy) is 1. The monoisotopic (exact) mass is 198 g/mol. The Morgan fingerprint density at radius 1 is 1.08 bits per heavy atom. The summed E-state index contributed by atoms with van der Waals surface area (Å²) < 4.78 is 39.3. The van der Waals surface area contributed by atoms with Crippen molar-refractivity contribution in [3.8, 4) is 0 Å². The third-order valence-corrected chi connectivity index (χ3v) is 2.20. The van der Waals surface area contributed by atoms with E-state index in [9.17, 15) is 18.3 Å². The van der Waals surface area contributed by atoms with E-state index in [4.69, 9.17) is 0 Å². The van der Waals surface area contributed by atoms with Crippen LogP contribution in [0.2, 0.25) is 0 Å². The van der Waals surface area contributed by atoms with Crippen LogP contribution < -0.4 is 0 Å². The highest BCUT2D eigenvalue weighted by Gasteiger charge is 2.36. The first-order chi connectivity index (χ1) is 5.99. The molecule has 1 rings (SSSR count). The first-order valence-corrected chi connectivity index (χ1v) is 4.41. The summed E-state index contributed by atoms with van der Waals surface area (Å²) in [6, 6.07) is 0. The van der Waals surface area contributed by atoms with Crippen molar-refractivity contribution in [1.82, 2.24) is 0 Å². The van der Waals surface area contributed by atoms with Crippen molar-refractivity contribution in [3.05, 3.63) is 0 Å². The van der Waals surface area contributed by atoms with E-state index < -0.39 is 18.6 Å². The molecular weight excluding hydrogens is 185 g/mol. The maximum absolute atomic E-state index is 11.8. The van der Waals surface area contributed by atoms with Crippen LogP contribution in [0.1, 0.15) is 32.1 Å². The number of hydrogen-bond donors (Lipinski definition) is 1. The maximum Gasteiger partial charge on any atom is 0.522 e. The van der Waals surface area contributed by atoms with Gasteiger partial charge in [0.1, 0.15) is 0 Å². The van der Waals surface area contributed by atoms with Crippen LogP contribution in [-0.2, 0) is 4.74 Å². The molecule has 5 heteroatoms. The Bertz CT molecular complexity index is 158. The zero-order valence-corrected chi connectivity index (χ0v) is 7.18. The van der Waals surface area contributed by atoms with Gasteiger partial charge in [0.25, 0.3) is 0 Å². The van der Waals surface area contributed by atoms with E-state index in [0.717, 1.165) is 12.8 Å². The smallest absolute Gasteiger partial charge is 0.390 e. The second-order valence-corrected chi connectivity index (χ2v) is 3.31. The molecular formula is C8H13F3O2. The molecule has 0 spiro atoms. The van der Waals surface area contributed by atoms with Gasteiger partial charge >= 0.3 is 6.36 Å². The van der Waals surface area contributed by atoms with Crippen LogP contribution in [0.15, 0.2) is 0 Å². The lowest BCUT2D eigenvalue weighted by Crippen LogP contribution is -2.33. The second-order valence-electron chi connectivity index (χ2n) is 3.31. The van der Waals surface area contributed by atoms with E-state index >= 15 is 0 Å². The van der Waals surface area contributed by atoms with E-state index in [-0.39, 0.29) is 0 Å². The van der Waals surface area contributed by atoms with Crippen LogP contribution in [0.25, 0.3) is 0 Å². The summed E-state index contributed by atoms with van der Waals surface area (Å²) in [6.45, 7) is 0. The molecule has 0 aliphatic heterocycles. The fraction of sp³-hybridized carbons (Fsp3) is 1.00. The molecule has 0 saturated heterocycles. The van der Waals surface area contributed by atoms with E-state index in [2.05, 4.69) is 4.74 Å². The number of aliphatic hydroxyl groups excluding tert-OH is 1. The second kappa shape index (κ2) is 4.28. The summed E-state index contributed by atoms with van der Waals surface area (Å²) in [4.78, 5) is 0. The van der Waals surface area contributed by atoms with Gasteiger partial charge < -0.3 is 5.11 Å². The molecule has 78 valence electrons. The van der Waals surface area contributed by atoms with Crippen molar-refractivity contribution in [3.63, 3.8) is 0 Å². The summed E-state index contributed by atoms with van der Waals surface area (Å²) in [5, 5.41) is 9.29. The minimum absolute atomic E-state index is 0.292. The molecule has 2 nitrogen and oxygen atoms in total. The van der Waals surface area contributed by atoms with E-state index in [1.807, 2.05) is 0 Å². The number of halogens is 3. The van der Waals surface area contributed by atoms with Gasteiger partial charge in [0.15, 0.2) is 0 Å². The van der Waals surface area contributed by atoms with Gasteiger partial charge in [-0.25, -0.2) is 0 Å². The topological polar surface area (TPSA) is 29.5 Å². The van der Waals surface area contributed by atoms with Crippen molar-refractivity contribution in [2.75, 3.05) is 0 Å². The Labute approximate surface area is 74.7 Å². The van der Waals surface area contributed by atoms with Gasteiger partial charge in [-0.2, -0.15) is 0 Å². The van der Waals surface area contributed by atoms with Crippen molar-refractivity contribution < 1.29 is 23.0 Å². The molecule has 0 radical (unpaired) electrons. The minimum Gasteiger partial charge on any atom is -0.390 e. The highest BCUT2D eigenvalue weighted by Crippen LogP contribution is 2.27. The minimum atomic E-state index is -4.63. The predicted octanol–water partition coefficient (Wildman–Crippen LogP) is 2.22. The molecule has 1 aliphatic carbocycles. The molecule has 0 unspecified atom stereocenters.